The summed E-state index contributed by atoms with van der Waals surface area (Å²) >= 11 is 0. The van der Waals surface area contributed by atoms with Crippen LogP contribution < -0.4 is 15.4 Å². The van der Waals surface area contributed by atoms with E-state index in [1.807, 2.05) is 26.1 Å². The zero-order valence-corrected chi connectivity index (χ0v) is 14.5. The highest BCUT2D eigenvalue weighted by Crippen LogP contribution is 2.34. The van der Waals surface area contributed by atoms with Crippen LogP contribution in [0.25, 0.3) is 11.1 Å². The maximum absolute atomic E-state index is 5.91. The van der Waals surface area contributed by atoms with E-state index in [-0.39, 0.29) is 6.04 Å². The average Bonchev–Trinajstić information content (AvgIpc) is 2.58. The molecular formula is C18H24N4O2. The summed E-state index contributed by atoms with van der Waals surface area (Å²) in [5.74, 6) is 0.657. The first-order chi connectivity index (χ1) is 11.6. The second kappa shape index (κ2) is 7.05. The molecule has 2 N–H and O–H groups in total. The van der Waals surface area contributed by atoms with Gasteiger partial charge in [-0.1, -0.05) is 0 Å². The van der Waals surface area contributed by atoms with E-state index in [4.69, 9.17) is 15.2 Å². The third-order valence-electron chi connectivity index (χ3n) is 4.21. The first-order valence-electron chi connectivity index (χ1n) is 8.30. The van der Waals surface area contributed by atoms with Crippen LogP contribution >= 0.6 is 0 Å². The van der Waals surface area contributed by atoms with E-state index >= 15 is 0 Å². The Morgan fingerprint density at radius 1 is 1.33 bits per heavy atom. The second-order valence-electron chi connectivity index (χ2n) is 6.00. The number of hydrogen-bond donors (Lipinski definition) is 1. The highest BCUT2D eigenvalue weighted by atomic mass is 16.5. The van der Waals surface area contributed by atoms with E-state index in [0.717, 1.165) is 29.1 Å². The third kappa shape index (κ3) is 3.28. The van der Waals surface area contributed by atoms with Gasteiger partial charge in [-0.2, -0.15) is 0 Å². The fourth-order valence-electron chi connectivity index (χ4n) is 2.97. The van der Waals surface area contributed by atoms with Gasteiger partial charge in [0.1, 0.15) is 5.69 Å². The van der Waals surface area contributed by atoms with Crippen LogP contribution in [0.1, 0.15) is 19.5 Å². The summed E-state index contributed by atoms with van der Waals surface area (Å²) in [6.45, 7) is 8.90. The number of pyridine rings is 2. The van der Waals surface area contributed by atoms with E-state index in [0.29, 0.717) is 31.4 Å². The molecule has 1 aliphatic rings. The number of aromatic nitrogens is 2. The Bertz CT molecular complexity index is 720. The van der Waals surface area contributed by atoms with Crippen LogP contribution in [0, 0.1) is 6.92 Å². The second-order valence-corrected chi connectivity index (χ2v) is 6.00. The largest absolute Gasteiger partial charge is 0.476 e. The van der Waals surface area contributed by atoms with Gasteiger partial charge in [0.25, 0.3) is 0 Å². The molecule has 6 nitrogen and oxygen atoms in total. The Morgan fingerprint density at radius 2 is 2.17 bits per heavy atom. The summed E-state index contributed by atoms with van der Waals surface area (Å²) in [5, 5.41) is 0. The molecule has 0 aliphatic carbocycles. The van der Waals surface area contributed by atoms with Gasteiger partial charge in [-0.3, -0.25) is 4.98 Å². The van der Waals surface area contributed by atoms with Crippen molar-refractivity contribution in [3.63, 3.8) is 0 Å². The van der Waals surface area contributed by atoms with Crippen molar-refractivity contribution in [1.29, 1.82) is 0 Å². The van der Waals surface area contributed by atoms with Gasteiger partial charge in [-0.05, 0) is 32.9 Å². The molecule has 2 aromatic rings. The Labute approximate surface area is 142 Å². The normalized spacial score (nSPS) is 17.8. The molecule has 0 saturated carbocycles. The molecule has 128 valence electrons. The summed E-state index contributed by atoms with van der Waals surface area (Å²) < 4.78 is 11.3. The number of hydrogen-bond acceptors (Lipinski definition) is 6. The summed E-state index contributed by atoms with van der Waals surface area (Å²) in [5.41, 5.74) is 10.5. The highest BCUT2D eigenvalue weighted by molar-refractivity contribution is 5.73. The van der Waals surface area contributed by atoms with E-state index in [9.17, 15) is 0 Å². The van der Waals surface area contributed by atoms with Crippen molar-refractivity contribution in [3.8, 4) is 17.0 Å². The SMILES string of the molecule is CCOc1ncc(-c2cc(N)cnc2C)cc1N1CCOCC1C. The molecule has 24 heavy (non-hydrogen) atoms. The minimum Gasteiger partial charge on any atom is -0.476 e. The lowest BCUT2D eigenvalue weighted by Crippen LogP contribution is -2.44. The Morgan fingerprint density at radius 3 is 2.92 bits per heavy atom. The molecule has 0 amide bonds. The van der Waals surface area contributed by atoms with E-state index in [1.165, 1.54) is 0 Å². The molecule has 1 unspecified atom stereocenters. The first kappa shape index (κ1) is 16.5. The monoisotopic (exact) mass is 328 g/mol. The average molecular weight is 328 g/mol. The lowest BCUT2D eigenvalue weighted by atomic mass is 10.0. The zero-order chi connectivity index (χ0) is 17.1. The number of morpholine rings is 1. The van der Waals surface area contributed by atoms with Gasteiger partial charge in [-0.25, -0.2) is 4.98 Å². The molecule has 0 bridgehead atoms. The molecule has 3 rings (SSSR count). The Balaban J connectivity index is 2.06. The standard InChI is InChI=1S/C18H24N4O2/c1-4-24-18-17(22-5-6-23-11-12(22)2)7-14(9-21-18)16-8-15(19)10-20-13(16)3/h7-10,12H,4-6,11,19H2,1-3H3. The molecule has 0 aromatic carbocycles. The number of nitrogen functional groups attached to an aromatic ring is 1. The van der Waals surface area contributed by atoms with Gasteiger partial charge in [-0.15, -0.1) is 0 Å². The number of aryl methyl sites for hydroxylation is 1. The summed E-state index contributed by atoms with van der Waals surface area (Å²) in [6.07, 6.45) is 3.49. The molecule has 0 spiro atoms. The predicted molar refractivity (Wildman–Crippen MR) is 95.4 cm³/mol. The predicted octanol–water partition coefficient (Wildman–Crippen LogP) is 2.66. The third-order valence-corrected chi connectivity index (χ3v) is 4.21. The van der Waals surface area contributed by atoms with Gasteiger partial charge >= 0.3 is 0 Å². The molecule has 1 aliphatic heterocycles. The van der Waals surface area contributed by atoms with Crippen molar-refractivity contribution in [2.45, 2.75) is 26.8 Å². The van der Waals surface area contributed by atoms with Crippen LogP contribution in [0.3, 0.4) is 0 Å². The van der Waals surface area contributed by atoms with Gasteiger partial charge in [0, 0.05) is 35.6 Å². The summed E-state index contributed by atoms with van der Waals surface area (Å²) in [4.78, 5) is 11.2. The molecule has 1 fully saturated rings. The minimum atomic E-state index is 0.273. The van der Waals surface area contributed by atoms with Crippen LogP contribution in [0.2, 0.25) is 0 Å². The number of nitrogens with zero attached hydrogens (tertiary/aromatic N) is 3. The zero-order valence-electron chi connectivity index (χ0n) is 14.5. The van der Waals surface area contributed by atoms with Crippen molar-refractivity contribution in [2.24, 2.45) is 0 Å². The number of anilines is 2. The fourth-order valence-corrected chi connectivity index (χ4v) is 2.97. The van der Waals surface area contributed by atoms with Gasteiger partial charge in [0.15, 0.2) is 0 Å². The van der Waals surface area contributed by atoms with Crippen molar-refractivity contribution >= 4 is 11.4 Å². The van der Waals surface area contributed by atoms with Gasteiger partial charge < -0.3 is 20.1 Å². The van der Waals surface area contributed by atoms with Crippen LogP contribution in [-0.2, 0) is 4.74 Å². The number of ether oxygens (including phenoxy) is 2. The molecule has 6 heteroatoms. The topological polar surface area (TPSA) is 73.5 Å². The van der Waals surface area contributed by atoms with Crippen LogP contribution in [-0.4, -0.2) is 42.4 Å². The summed E-state index contributed by atoms with van der Waals surface area (Å²) in [7, 11) is 0. The molecular weight excluding hydrogens is 304 g/mol. The van der Waals surface area contributed by atoms with Crippen molar-refractivity contribution in [3.05, 3.63) is 30.2 Å². The van der Waals surface area contributed by atoms with Crippen molar-refractivity contribution in [1.82, 2.24) is 9.97 Å². The molecule has 3 heterocycles. The minimum absolute atomic E-state index is 0.273. The summed E-state index contributed by atoms with van der Waals surface area (Å²) in [6, 6.07) is 4.32. The van der Waals surface area contributed by atoms with Gasteiger partial charge in [0.2, 0.25) is 5.88 Å². The maximum atomic E-state index is 5.91. The molecule has 1 atom stereocenters. The van der Waals surface area contributed by atoms with Crippen molar-refractivity contribution < 1.29 is 9.47 Å². The van der Waals surface area contributed by atoms with Crippen LogP contribution in [0.4, 0.5) is 11.4 Å². The Kier molecular flexibility index (Phi) is 4.85. The smallest absolute Gasteiger partial charge is 0.237 e. The van der Waals surface area contributed by atoms with Crippen molar-refractivity contribution in [2.75, 3.05) is 37.0 Å². The molecule has 0 radical (unpaired) electrons. The molecule has 2 aromatic heterocycles. The lowest BCUT2D eigenvalue weighted by molar-refractivity contribution is 0.0985. The lowest BCUT2D eigenvalue weighted by Gasteiger charge is -2.35. The number of rotatable bonds is 4. The van der Waals surface area contributed by atoms with Crippen LogP contribution in [0.15, 0.2) is 24.5 Å². The molecule has 1 saturated heterocycles. The quantitative estimate of drug-likeness (QED) is 0.930. The fraction of sp³-hybridized carbons (Fsp3) is 0.444. The van der Waals surface area contributed by atoms with Crippen LogP contribution in [0.5, 0.6) is 5.88 Å². The Hall–Kier alpha value is -2.34. The number of nitrogens with two attached hydrogens (primary N) is 1. The first-order valence-corrected chi connectivity index (χ1v) is 8.30. The van der Waals surface area contributed by atoms with E-state index < -0.39 is 0 Å². The van der Waals surface area contributed by atoms with E-state index in [1.54, 1.807) is 6.20 Å². The van der Waals surface area contributed by atoms with E-state index in [2.05, 4.69) is 27.9 Å². The highest BCUT2D eigenvalue weighted by Gasteiger charge is 2.23. The van der Waals surface area contributed by atoms with Gasteiger partial charge in [0.05, 0.1) is 31.7 Å². The maximum Gasteiger partial charge on any atom is 0.237 e.